The Kier molecular flexibility index (Phi) is 9.97. The largest absolute Gasteiger partial charge is 0.480 e. The van der Waals surface area contributed by atoms with Crippen LogP contribution in [-0.4, -0.2) is 47.5 Å². The highest BCUT2D eigenvalue weighted by Crippen LogP contribution is 2.02. The van der Waals surface area contributed by atoms with Crippen LogP contribution in [0.3, 0.4) is 0 Å². The molecule has 1 atom stereocenters. The summed E-state index contributed by atoms with van der Waals surface area (Å²) in [6.45, 7) is 2.53. The fraction of sp³-hybridized carbons (Fsp3) is 0.750. The first-order valence-corrected chi connectivity index (χ1v) is 7.68. The van der Waals surface area contributed by atoms with Gasteiger partial charge in [-0.1, -0.05) is 6.92 Å². The van der Waals surface area contributed by atoms with Gasteiger partial charge in [0, 0.05) is 19.4 Å². The van der Waals surface area contributed by atoms with Crippen LogP contribution in [0.1, 0.15) is 32.6 Å². The predicted octanol–water partition coefficient (Wildman–Crippen LogP) is 0.615. The summed E-state index contributed by atoms with van der Waals surface area (Å²) < 4.78 is 0. The standard InChI is InChI=1S/C12H22N2O4S/c1-3-7-13-10(15)4-5-11(16)14-9(12(17)18)6-8-19-2/h9H,3-8H2,1-2H3,(H,13,15)(H,14,16)(H,17,18). The Labute approximate surface area is 117 Å². The van der Waals surface area contributed by atoms with Gasteiger partial charge in [-0.15, -0.1) is 0 Å². The molecule has 0 saturated carbocycles. The molecule has 6 nitrogen and oxygen atoms in total. The van der Waals surface area contributed by atoms with Crippen molar-refractivity contribution in [3.05, 3.63) is 0 Å². The molecule has 1 unspecified atom stereocenters. The van der Waals surface area contributed by atoms with Crippen molar-refractivity contribution in [2.24, 2.45) is 0 Å². The van der Waals surface area contributed by atoms with Gasteiger partial charge < -0.3 is 15.7 Å². The molecule has 7 heteroatoms. The van der Waals surface area contributed by atoms with Crippen molar-refractivity contribution < 1.29 is 19.5 Å². The number of thioether (sulfide) groups is 1. The summed E-state index contributed by atoms with van der Waals surface area (Å²) in [4.78, 5) is 33.7. The van der Waals surface area contributed by atoms with Gasteiger partial charge in [0.2, 0.25) is 11.8 Å². The molecule has 19 heavy (non-hydrogen) atoms. The maximum atomic E-state index is 11.5. The number of hydrogen-bond acceptors (Lipinski definition) is 4. The van der Waals surface area contributed by atoms with Crippen molar-refractivity contribution in [3.63, 3.8) is 0 Å². The molecule has 110 valence electrons. The van der Waals surface area contributed by atoms with Crippen LogP contribution in [0.25, 0.3) is 0 Å². The van der Waals surface area contributed by atoms with Crippen LogP contribution >= 0.6 is 11.8 Å². The van der Waals surface area contributed by atoms with Crippen molar-refractivity contribution in [1.82, 2.24) is 10.6 Å². The molecule has 0 aromatic heterocycles. The van der Waals surface area contributed by atoms with Gasteiger partial charge in [-0.05, 0) is 24.9 Å². The molecule has 0 rings (SSSR count). The minimum atomic E-state index is -1.04. The number of carboxylic acid groups (broad SMARTS) is 1. The Hall–Kier alpha value is -1.24. The van der Waals surface area contributed by atoms with E-state index in [2.05, 4.69) is 10.6 Å². The summed E-state index contributed by atoms with van der Waals surface area (Å²) in [5.74, 6) is -0.972. The summed E-state index contributed by atoms with van der Waals surface area (Å²) in [5, 5.41) is 14.0. The first kappa shape index (κ1) is 17.8. The van der Waals surface area contributed by atoms with Crippen LogP contribution in [0.4, 0.5) is 0 Å². The van der Waals surface area contributed by atoms with Gasteiger partial charge >= 0.3 is 5.97 Å². The van der Waals surface area contributed by atoms with Gasteiger partial charge in [-0.3, -0.25) is 9.59 Å². The van der Waals surface area contributed by atoms with Gasteiger partial charge in [-0.25, -0.2) is 4.79 Å². The van der Waals surface area contributed by atoms with E-state index in [0.717, 1.165) is 6.42 Å². The second-order valence-electron chi connectivity index (χ2n) is 4.09. The molecule has 3 N–H and O–H groups in total. The van der Waals surface area contributed by atoms with Gasteiger partial charge in [-0.2, -0.15) is 11.8 Å². The Bertz CT molecular complexity index is 310. The SMILES string of the molecule is CCCNC(=O)CCC(=O)NC(CCSC)C(=O)O. The number of carbonyl (C=O) groups excluding carboxylic acids is 2. The molecule has 2 amide bonds. The third kappa shape index (κ3) is 9.35. The summed E-state index contributed by atoms with van der Waals surface area (Å²) in [5.41, 5.74) is 0. The fourth-order valence-electron chi connectivity index (χ4n) is 1.34. The lowest BCUT2D eigenvalue weighted by atomic mass is 10.2. The quantitative estimate of drug-likeness (QED) is 0.548. The lowest BCUT2D eigenvalue weighted by molar-refractivity contribution is -0.141. The van der Waals surface area contributed by atoms with Crippen molar-refractivity contribution >= 4 is 29.5 Å². The molecule has 0 aromatic rings. The van der Waals surface area contributed by atoms with E-state index < -0.39 is 17.9 Å². The number of rotatable bonds is 10. The van der Waals surface area contributed by atoms with E-state index in [1.807, 2.05) is 13.2 Å². The molecule has 0 fully saturated rings. The van der Waals surface area contributed by atoms with E-state index in [4.69, 9.17) is 5.11 Å². The molecule has 0 spiro atoms. The van der Waals surface area contributed by atoms with Gasteiger partial charge in [0.05, 0.1) is 0 Å². The zero-order chi connectivity index (χ0) is 14.7. The second kappa shape index (κ2) is 10.7. The molecule has 0 aliphatic heterocycles. The van der Waals surface area contributed by atoms with E-state index in [9.17, 15) is 14.4 Å². The lowest BCUT2D eigenvalue weighted by Gasteiger charge is -2.13. The minimum absolute atomic E-state index is 0.0125. The van der Waals surface area contributed by atoms with Crippen LogP contribution in [-0.2, 0) is 14.4 Å². The molecule has 0 heterocycles. The number of carbonyl (C=O) groups is 3. The molecule has 0 aromatic carbocycles. The average Bonchev–Trinajstić information content (AvgIpc) is 2.38. The topological polar surface area (TPSA) is 95.5 Å². The maximum Gasteiger partial charge on any atom is 0.326 e. The number of carboxylic acids is 1. The maximum absolute atomic E-state index is 11.5. The molecular formula is C12H22N2O4S. The van der Waals surface area contributed by atoms with Gasteiger partial charge in [0.15, 0.2) is 0 Å². The number of nitrogens with one attached hydrogen (secondary N) is 2. The smallest absolute Gasteiger partial charge is 0.326 e. The normalized spacial score (nSPS) is 11.7. The highest BCUT2D eigenvalue weighted by atomic mass is 32.2. The number of amides is 2. The highest BCUT2D eigenvalue weighted by molar-refractivity contribution is 7.98. The molecule has 0 aliphatic rings. The van der Waals surface area contributed by atoms with Crippen LogP contribution < -0.4 is 10.6 Å². The summed E-state index contributed by atoms with van der Waals surface area (Å²) in [6.07, 6.45) is 3.19. The van der Waals surface area contributed by atoms with Crippen LogP contribution in [0, 0.1) is 0 Å². The predicted molar refractivity (Wildman–Crippen MR) is 75.1 cm³/mol. The molecule has 0 aliphatic carbocycles. The first-order valence-electron chi connectivity index (χ1n) is 6.29. The number of hydrogen-bond donors (Lipinski definition) is 3. The third-order valence-corrected chi connectivity index (χ3v) is 3.04. The van der Waals surface area contributed by atoms with E-state index >= 15 is 0 Å². The monoisotopic (exact) mass is 290 g/mol. The zero-order valence-electron chi connectivity index (χ0n) is 11.4. The first-order chi connectivity index (χ1) is 9.01. The zero-order valence-corrected chi connectivity index (χ0v) is 12.2. The van der Waals surface area contributed by atoms with Crippen LogP contribution in [0.2, 0.25) is 0 Å². The minimum Gasteiger partial charge on any atom is -0.480 e. The lowest BCUT2D eigenvalue weighted by Crippen LogP contribution is -2.41. The van der Waals surface area contributed by atoms with E-state index in [1.54, 1.807) is 0 Å². The Morgan fingerprint density at radius 2 is 1.84 bits per heavy atom. The second-order valence-corrected chi connectivity index (χ2v) is 5.08. The molecule has 0 bridgehead atoms. The summed E-state index contributed by atoms with van der Waals surface area (Å²) >= 11 is 1.52. The molecule has 0 radical (unpaired) electrons. The summed E-state index contributed by atoms with van der Waals surface area (Å²) in [6, 6.07) is -0.876. The average molecular weight is 290 g/mol. The Balaban J connectivity index is 3.99. The van der Waals surface area contributed by atoms with Crippen molar-refractivity contribution in [2.45, 2.75) is 38.6 Å². The fourth-order valence-corrected chi connectivity index (χ4v) is 1.81. The number of aliphatic carboxylic acids is 1. The third-order valence-electron chi connectivity index (χ3n) is 2.40. The molecule has 0 saturated heterocycles. The Morgan fingerprint density at radius 1 is 1.21 bits per heavy atom. The molecular weight excluding hydrogens is 268 g/mol. The summed E-state index contributed by atoms with van der Waals surface area (Å²) in [7, 11) is 0. The van der Waals surface area contributed by atoms with Crippen LogP contribution in [0.5, 0.6) is 0 Å². The Morgan fingerprint density at radius 3 is 2.37 bits per heavy atom. The van der Waals surface area contributed by atoms with E-state index in [1.165, 1.54) is 11.8 Å². The van der Waals surface area contributed by atoms with Crippen molar-refractivity contribution in [1.29, 1.82) is 0 Å². The van der Waals surface area contributed by atoms with Crippen molar-refractivity contribution in [2.75, 3.05) is 18.6 Å². The van der Waals surface area contributed by atoms with Gasteiger partial charge in [0.25, 0.3) is 0 Å². The van der Waals surface area contributed by atoms with Gasteiger partial charge in [0.1, 0.15) is 6.04 Å². The van der Waals surface area contributed by atoms with E-state index in [-0.39, 0.29) is 18.7 Å². The van der Waals surface area contributed by atoms with Crippen molar-refractivity contribution in [3.8, 4) is 0 Å². The van der Waals surface area contributed by atoms with E-state index in [0.29, 0.717) is 18.7 Å². The highest BCUT2D eigenvalue weighted by Gasteiger charge is 2.19. The van der Waals surface area contributed by atoms with Crippen LogP contribution in [0.15, 0.2) is 0 Å².